The van der Waals surface area contributed by atoms with Crippen LogP contribution >= 0.6 is 0 Å². The first-order valence-electron chi connectivity index (χ1n) is 20.4. The molecule has 0 unspecified atom stereocenters. The van der Waals surface area contributed by atoms with E-state index in [9.17, 15) is 0 Å². The van der Waals surface area contributed by atoms with Crippen LogP contribution < -0.4 is 0 Å². The molecule has 4 heterocycles. The molecular formula is C46H33IrN3O-2. The van der Waals surface area contributed by atoms with Crippen molar-refractivity contribution in [3.05, 3.63) is 175 Å². The van der Waals surface area contributed by atoms with E-state index in [0.717, 1.165) is 27.3 Å². The van der Waals surface area contributed by atoms with E-state index in [-0.39, 0.29) is 42.6 Å². The number of hydrogen-bond donors (Lipinski definition) is 0. The summed E-state index contributed by atoms with van der Waals surface area (Å²) < 4.78 is 72.9. The fraction of sp³-hybridized carbons (Fsp3) is 0.0652. The number of fused-ring (bicyclic) bond motifs is 4. The molecule has 0 bridgehead atoms. The zero-order valence-electron chi connectivity index (χ0n) is 35.9. The second-order valence-corrected chi connectivity index (χ2v) is 11.7. The van der Waals surface area contributed by atoms with Crippen LogP contribution in [0.4, 0.5) is 0 Å². The molecule has 0 spiro atoms. The van der Waals surface area contributed by atoms with Crippen LogP contribution in [-0.4, -0.2) is 15.0 Å². The van der Waals surface area contributed by atoms with Crippen LogP contribution in [0.2, 0.25) is 0 Å². The van der Waals surface area contributed by atoms with Gasteiger partial charge in [0.15, 0.2) is 0 Å². The van der Waals surface area contributed by atoms with Gasteiger partial charge in [-0.3, -0.25) is 0 Å². The third-order valence-corrected chi connectivity index (χ3v) is 8.49. The van der Waals surface area contributed by atoms with E-state index >= 15 is 0 Å². The fourth-order valence-corrected chi connectivity index (χ4v) is 6.10. The molecule has 1 radical (unpaired) electrons. The van der Waals surface area contributed by atoms with Gasteiger partial charge in [-0.1, -0.05) is 103 Å². The van der Waals surface area contributed by atoms with Crippen molar-refractivity contribution in [1.82, 2.24) is 15.0 Å². The smallest absolute Gasteiger partial charge is 0.216 e. The molecule has 5 heteroatoms. The molecular weight excluding hydrogens is 803 g/mol. The molecule has 51 heavy (non-hydrogen) atoms. The van der Waals surface area contributed by atoms with Crippen molar-refractivity contribution in [2.45, 2.75) is 20.6 Å². The second kappa shape index (κ2) is 14.6. The Morgan fingerprint density at radius 2 is 1.39 bits per heavy atom. The van der Waals surface area contributed by atoms with Gasteiger partial charge in [0.2, 0.25) is 5.71 Å². The molecule has 0 aliphatic heterocycles. The Labute approximate surface area is 323 Å². The first-order chi connectivity index (χ1) is 28.1. The Hall–Kier alpha value is -5.74. The van der Waals surface area contributed by atoms with Crippen LogP contribution in [0.5, 0.6) is 0 Å². The van der Waals surface area contributed by atoms with Crippen LogP contribution in [0.15, 0.2) is 150 Å². The van der Waals surface area contributed by atoms with Crippen molar-refractivity contribution >= 4 is 32.8 Å². The van der Waals surface area contributed by atoms with Gasteiger partial charge < -0.3 is 14.4 Å². The summed E-state index contributed by atoms with van der Waals surface area (Å²) in [4.78, 5) is 13.0. The van der Waals surface area contributed by atoms with Crippen LogP contribution in [0.25, 0.3) is 77.6 Å². The van der Waals surface area contributed by atoms with Crippen molar-refractivity contribution in [2.24, 2.45) is 0 Å². The van der Waals surface area contributed by atoms with Crippen LogP contribution in [-0.2, 0) is 20.1 Å². The maximum Gasteiger partial charge on any atom is 0.216 e. The Kier molecular flexibility index (Phi) is 7.00. The number of furan rings is 1. The Balaban J connectivity index is 0.000000220. The summed E-state index contributed by atoms with van der Waals surface area (Å²) in [5.41, 5.74) is 8.34. The predicted molar refractivity (Wildman–Crippen MR) is 205 cm³/mol. The third kappa shape index (κ3) is 6.87. The second-order valence-electron chi connectivity index (χ2n) is 11.7. The summed E-state index contributed by atoms with van der Waals surface area (Å²) in [5.74, 6) is 0. The maximum absolute atomic E-state index is 7.70. The van der Waals surface area contributed by atoms with E-state index in [1.54, 1.807) is 24.4 Å². The van der Waals surface area contributed by atoms with Crippen LogP contribution in [0, 0.1) is 32.7 Å². The van der Waals surface area contributed by atoms with Gasteiger partial charge >= 0.3 is 0 Å². The standard InChI is InChI=1S/C33H21N2O.C13H12N.Ir/c1-21-14-15-29-28-12-7-13-30(32(28)36-33(29)35-21)31-20-23(18-19-34-31)25-17-16-24(22-8-3-2-4-9-22)26-10-5-6-11-27(25)26;1-10-3-6-12(7-4-10)13-8-5-11(2)9-14-13;/h2-12,14-20H,1H3;3-6,8-9H,1-2H3;/q2*-1;/i1D3;1D3,2D3;. The van der Waals surface area contributed by atoms with Gasteiger partial charge in [-0.05, 0) is 81.9 Å². The summed E-state index contributed by atoms with van der Waals surface area (Å²) in [6.45, 7) is -6.65. The van der Waals surface area contributed by atoms with Gasteiger partial charge in [0.05, 0.1) is 5.58 Å². The van der Waals surface area contributed by atoms with Gasteiger partial charge in [0.25, 0.3) is 0 Å². The van der Waals surface area contributed by atoms with Crippen molar-refractivity contribution in [1.29, 1.82) is 0 Å². The molecule has 0 fully saturated rings. The Bertz CT molecular complexity index is 2890. The molecule has 0 aliphatic rings. The average molecular weight is 845 g/mol. The van der Waals surface area contributed by atoms with E-state index in [2.05, 4.69) is 87.7 Å². The van der Waals surface area contributed by atoms with Crippen molar-refractivity contribution in [3.8, 4) is 44.8 Å². The monoisotopic (exact) mass is 845 g/mol. The first-order valence-corrected chi connectivity index (χ1v) is 15.9. The maximum atomic E-state index is 7.70. The number of aromatic nitrogens is 3. The summed E-state index contributed by atoms with van der Waals surface area (Å²) >= 11 is 0. The molecule has 0 saturated heterocycles. The Morgan fingerprint density at radius 1 is 0.608 bits per heavy atom. The van der Waals surface area contributed by atoms with Gasteiger partial charge in [0.1, 0.15) is 0 Å². The molecule has 0 aliphatic carbocycles. The first kappa shape index (κ1) is 24.4. The van der Waals surface area contributed by atoms with Gasteiger partial charge in [0, 0.05) is 55.9 Å². The fourth-order valence-electron chi connectivity index (χ4n) is 6.10. The van der Waals surface area contributed by atoms with E-state index in [0.29, 0.717) is 28.1 Å². The molecule has 0 saturated carbocycles. The normalized spacial score (nSPS) is 14.2. The topological polar surface area (TPSA) is 51.8 Å². The molecule has 0 N–H and O–H groups in total. The predicted octanol–water partition coefficient (Wildman–Crippen LogP) is 11.8. The van der Waals surface area contributed by atoms with Crippen molar-refractivity contribution in [3.63, 3.8) is 0 Å². The zero-order chi connectivity index (χ0) is 41.5. The number of rotatable bonds is 4. The minimum atomic E-state index is -2.31. The average Bonchev–Trinajstić information content (AvgIpc) is 3.61. The molecule has 249 valence electrons. The largest absolute Gasteiger partial charge is 0.486 e. The van der Waals surface area contributed by atoms with E-state index in [1.807, 2.05) is 30.3 Å². The number of pyridine rings is 3. The number of aryl methyl sites for hydroxylation is 3. The van der Waals surface area contributed by atoms with Crippen LogP contribution in [0.3, 0.4) is 0 Å². The summed E-state index contributed by atoms with van der Waals surface area (Å²) in [7, 11) is 0. The van der Waals surface area contributed by atoms with Gasteiger partial charge in [-0.15, -0.1) is 53.6 Å². The SMILES string of the molecule is [2H]C([2H])([2H])c1c[c-]c(-c2ccc(C([2H])([2H])[2H])cn2)cc1.[2H]C([2H])([2H])c1ccc2c(n1)oc1c(-c3cc(-c4ccc(-c5ccccc5)c5ccccc45)ccn3)[c-]ccc12.[Ir]. The third-order valence-electron chi connectivity index (χ3n) is 8.49. The van der Waals surface area contributed by atoms with E-state index < -0.39 is 20.6 Å². The van der Waals surface area contributed by atoms with Crippen LogP contribution in [0.1, 0.15) is 29.2 Å². The quantitative estimate of drug-likeness (QED) is 0.166. The summed E-state index contributed by atoms with van der Waals surface area (Å²) in [5, 5.41) is 3.94. The zero-order valence-corrected chi connectivity index (χ0v) is 29.3. The molecule has 0 atom stereocenters. The molecule has 4 aromatic heterocycles. The van der Waals surface area contributed by atoms with Gasteiger partial charge in [-0.25, -0.2) is 4.98 Å². The molecule has 4 nitrogen and oxygen atoms in total. The molecule has 5 aromatic carbocycles. The van der Waals surface area contributed by atoms with E-state index in [4.69, 9.17) is 16.8 Å². The minimum absolute atomic E-state index is 0. The summed E-state index contributed by atoms with van der Waals surface area (Å²) in [6, 6.07) is 48.0. The Morgan fingerprint density at radius 3 is 2.12 bits per heavy atom. The number of nitrogens with zero attached hydrogens (tertiary/aromatic N) is 3. The number of benzene rings is 5. The molecule has 0 amide bonds. The number of hydrogen-bond acceptors (Lipinski definition) is 4. The molecule has 9 rings (SSSR count). The minimum Gasteiger partial charge on any atom is -0.486 e. The van der Waals surface area contributed by atoms with Crippen molar-refractivity contribution < 1.29 is 36.9 Å². The summed E-state index contributed by atoms with van der Waals surface area (Å²) in [6.07, 6.45) is 3.10. The molecule has 9 aromatic rings. The van der Waals surface area contributed by atoms with E-state index in [1.165, 1.54) is 47.0 Å². The van der Waals surface area contributed by atoms with Gasteiger partial charge in [-0.2, -0.15) is 0 Å². The van der Waals surface area contributed by atoms with Crippen molar-refractivity contribution in [2.75, 3.05) is 0 Å².